The number of nitrogens with one attached hydrogen (secondary N) is 2. The number of carbonyl (C=O) groups is 2. The summed E-state index contributed by atoms with van der Waals surface area (Å²) in [6.45, 7) is 1.56. The highest BCUT2D eigenvalue weighted by Crippen LogP contribution is 2.25. The maximum absolute atomic E-state index is 12.0. The van der Waals surface area contributed by atoms with E-state index in [1.807, 2.05) is 18.2 Å². The van der Waals surface area contributed by atoms with Crippen LogP contribution in [0.2, 0.25) is 0 Å². The van der Waals surface area contributed by atoms with Gasteiger partial charge in [-0.25, -0.2) is 0 Å². The van der Waals surface area contributed by atoms with E-state index in [0.717, 1.165) is 5.56 Å². The van der Waals surface area contributed by atoms with Crippen molar-refractivity contribution in [2.24, 2.45) is 5.92 Å². The van der Waals surface area contributed by atoms with Gasteiger partial charge in [0.25, 0.3) is 0 Å². The minimum Gasteiger partial charge on any atom is -0.355 e. The molecule has 0 bridgehead atoms. The van der Waals surface area contributed by atoms with Crippen LogP contribution in [0, 0.1) is 5.92 Å². The van der Waals surface area contributed by atoms with E-state index in [0.29, 0.717) is 25.4 Å². The van der Waals surface area contributed by atoms with Gasteiger partial charge >= 0.3 is 0 Å². The summed E-state index contributed by atoms with van der Waals surface area (Å²) in [4.78, 5) is 23.1. The molecule has 0 saturated carbocycles. The molecule has 6 heteroatoms. The zero-order chi connectivity index (χ0) is 13.9. The van der Waals surface area contributed by atoms with Gasteiger partial charge in [-0.1, -0.05) is 12.1 Å². The fraction of sp³-hybridized carbons (Fsp3) is 0.429. The molecule has 0 radical (unpaired) electrons. The molecule has 3 rings (SSSR count). The van der Waals surface area contributed by atoms with E-state index in [9.17, 15) is 9.59 Å². The number of anilines is 1. The Hall–Kier alpha value is -1.92. The normalized spacial score (nSPS) is 22.8. The van der Waals surface area contributed by atoms with Gasteiger partial charge in [0, 0.05) is 24.2 Å². The van der Waals surface area contributed by atoms with Crippen molar-refractivity contribution < 1.29 is 19.1 Å². The van der Waals surface area contributed by atoms with Gasteiger partial charge in [-0.2, -0.15) is 0 Å². The lowest BCUT2D eigenvalue weighted by molar-refractivity contribution is -0.123. The van der Waals surface area contributed by atoms with Gasteiger partial charge in [-0.05, 0) is 12.1 Å². The molecule has 2 aliphatic rings. The molecule has 1 aromatic carbocycles. The van der Waals surface area contributed by atoms with Crippen molar-refractivity contribution >= 4 is 17.5 Å². The highest BCUT2D eigenvalue weighted by molar-refractivity contribution is 5.97. The number of amides is 2. The quantitative estimate of drug-likeness (QED) is 0.856. The zero-order valence-electron chi connectivity index (χ0n) is 10.9. The summed E-state index contributed by atoms with van der Waals surface area (Å²) in [6, 6.07) is 7.37. The average Bonchev–Trinajstić information content (AvgIpc) is 3.10. The molecule has 106 valence electrons. The molecule has 0 aliphatic carbocycles. The van der Waals surface area contributed by atoms with Gasteiger partial charge in [0.05, 0.1) is 19.1 Å². The molecule has 1 aromatic rings. The Morgan fingerprint density at radius 1 is 1.30 bits per heavy atom. The first-order valence-electron chi connectivity index (χ1n) is 6.63. The van der Waals surface area contributed by atoms with Crippen LogP contribution in [0.4, 0.5) is 5.69 Å². The Bertz CT molecular complexity index is 526. The number of hydrogen-bond donors (Lipinski definition) is 2. The van der Waals surface area contributed by atoms with Crippen molar-refractivity contribution in [2.75, 3.05) is 25.1 Å². The van der Waals surface area contributed by atoms with E-state index in [4.69, 9.17) is 9.47 Å². The van der Waals surface area contributed by atoms with Crippen molar-refractivity contribution in [3.8, 4) is 0 Å². The maximum Gasteiger partial charge on any atom is 0.229 e. The zero-order valence-corrected chi connectivity index (χ0v) is 10.9. The smallest absolute Gasteiger partial charge is 0.229 e. The molecule has 2 saturated heterocycles. The van der Waals surface area contributed by atoms with E-state index in [-0.39, 0.29) is 30.4 Å². The predicted molar refractivity (Wildman–Crippen MR) is 70.8 cm³/mol. The second-order valence-corrected chi connectivity index (χ2v) is 4.89. The van der Waals surface area contributed by atoms with Gasteiger partial charge in [-0.15, -0.1) is 0 Å². The molecular weight excluding hydrogens is 260 g/mol. The molecule has 2 aliphatic heterocycles. The number of carbonyl (C=O) groups excluding carboxylic acids is 2. The maximum atomic E-state index is 12.0. The van der Waals surface area contributed by atoms with Gasteiger partial charge in [0.1, 0.15) is 0 Å². The van der Waals surface area contributed by atoms with E-state index in [2.05, 4.69) is 10.6 Å². The van der Waals surface area contributed by atoms with Crippen molar-refractivity contribution in [3.05, 3.63) is 29.8 Å². The van der Waals surface area contributed by atoms with Crippen LogP contribution in [0.25, 0.3) is 0 Å². The first kappa shape index (κ1) is 13.1. The molecule has 2 heterocycles. The minimum atomic E-state index is -0.360. The molecule has 0 aromatic heterocycles. The second-order valence-electron chi connectivity index (χ2n) is 4.89. The van der Waals surface area contributed by atoms with Gasteiger partial charge in [0.2, 0.25) is 11.8 Å². The van der Waals surface area contributed by atoms with E-state index in [1.165, 1.54) is 0 Å². The van der Waals surface area contributed by atoms with Crippen LogP contribution >= 0.6 is 0 Å². The molecule has 20 heavy (non-hydrogen) atoms. The van der Waals surface area contributed by atoms with Crippen LogP contribution in [-0.4, -0.2) is 31.6 Å². The third-order valence-corrected chi connectivity index (χ3v) is 3.40. The summed E-state index contributed by atoms with van der Waals surface area (Å²) in [7, 11) is 0. The van der Waals surface area contributed by atoms with Crippen molar-refractivity contribution in [1.82, 2.24) is 5.32 Å². The first-order chi connectivity index (χ1) is 9.72. The predicted octanol–water partition coefficient (Wildman–Crippen LogP) is 0.807. The standard InChI is InChI=1S/C14H16N2O4/c17-12-7-10(8-15-12)13(18)16-11-3-1-2-9(6-11)14-19-4-5-20-14/h1-3,6,10,14H,4-5,7-8H2,(H,15,17)(H,16,18). The van der Waals surface area contributed by atoms with Crippen LogP contribution in [0.1, 0.15) is 18.3 Å². The summed E-state index contributed by atoms with van der Waals surface area (Å²) in [5, 5.41) is 5.48. The molecule has 2 amide bonds. The SMILES string of the molecule is O=C1CC(C(=O)Nc2cccc(C3OCCO3)c2)CN1. The van der Waals surface area contributed by atoms with E-state index < -0.39 is 0 Å². The Morgan fingerprint density at radius 2 is 2.10 bits per heavy atom. The molecule has 1 atom stereocenters. The van der Waals surface area contributed by atoms with Crippen LogP contribution in [0.15, 0.2) is 24.3 Å². The molecule has 1 unspecified atom stereocenters. The van der Waals surface area contributed by atoms with Gasteiger partial charge in [-0.3, -0.25) is 9.59 Å². The Labute approximate surface area is 116 Å². The first-order valence-corrected chi connectivity index (χ1v) is 6.63. The largest absolute Gasteiger partial charge is 0.355 e. The molecule has 6 nitrogen and oxygen atoms in total. The van der Waals surface area contributed by atoms with Crippen LogP contribution in [0.3, 0.4) is 0 Å². The summed E-state index contributed by atoms with van der Waals surface area (Å²) in [5.74, 6) is -0.523. The highest BCUT2D eigenvalue weighted by atomic mass is 16.7. The fourth-order valence-corrected chi connectivity index (χ4v) is 2.35. The number of benzene rings is 1. The van der Waals surface area contributed by atoms with Crippen LogP contribution in [0.5, 0.6) is 0 Å². The fourth-order valence-electron chi connectivity index (χ4n) is 2.35. The lowest BCUT2D eigenvalue weighted by atomic mass is 10.1. The number of ether oxygens (including phenoxy) is 2. The average molecular weight is 276 g/mol. The lowest BCUT2D eigenvalue weighted by Crippen LogP contribution is -2.24. The Balaban J connectivity index is 1.66. The lowest BCUT2D eigenvalue weighted by Gasteiger charge is -2.13. The Morgan fingerprint density at radius 3 is 2.80 bits per heavy atom. The van der Waals surface area contributed by atoms with E-state index in [1.54, 1.807) is 6.07 Å². The third kappa shape index (κ3) is 2.81. The van der Waals surface area contributed by atoms with Crippen molar-refractivity contribution in [1.29, 1.82) is 0 Å². The summed E-state index contributed by atoms with van der Waals surface area (Å²) in [5.41, 5.74) is 1.56. The van der Waals surface area contributed by atoms with Crippen molar-refractivity contribution in [2.45, 2.75) is 12.7 Å². The highest BCUT2D eigenvalue weighted by Gasteiger charge is 2.28. The van der Waals surface area contributed by atoms with Crippen molar-refractivity contribution in [3.63, 3.8) is 0 Å². The summed E-state index contributed by atoms with van der Waals surface area (Å²) >= 11 is 0. The number of rotatable bonds is 3. The third-order valence-electron chi connectivity index (χ3n) is 3.40. The molecule has 2 fully saturated rings. The second kappa shape index (κ2) is 5.60. The monoisotopic (exact) mass is 276 g/mol. The summed E-state index contributed by atoms with van der Waals surface area (Å²) < 4.78 is 10.8. The molecule has 0 spiro atoms. The minimum absolute atomic E-state index is 0.0772. The van der Waals surface area contributed by atoms with Crippen LogP contribution in [-0.2, 0) is 19.1 Å². The molecule has 2 N–H and O–H groups in total. The summed E-state index contributed by atoms with van der Waals surface area (Å²) in [6.07, 6.45) is -0.109. The van der Waals surface area contributed by atoms with Crippen LogP contribution < -0.4 is 10.6 Å². The van der Waals surface area contributed by atoms with Gasteiger partial charge in [0.15, 0.2) is 6.29 Å². The van der Waals surface area contributed by atoms with Gasteiger partial charge < -0.3 is 20.1 Å². The molecular formula is C14H16N2O4. The van der Waals surface area contributed by atoms with E-state index >= 15 is 0 Å². The topological polar surface area (TPSA) is 76.7 Å². The Kier molecular flexibility index (Phi) is 3.66. The number of hydrogen-bond acceptors (Lipinski definition) is 4.